The maximum Gasteiger partial charge on any atom is 0.188 e. The highest BCUT2D eigenvalue weighted by Crippen LogP contribution is 2.49. The molecule has 0 spiro atoms. The van der Waals surface area contributed by atoms with Crippen molar-refractivity contribution in [1.29, 1.82) is 0 Å². The fraction of sp³-hybridized carbons (Fsp3) is 0.409. The van der Waals surface area contributed by atoms with Crippen molar-refractivity contribution in [2.24, 2.45) is 5.92 Å². The molecule has 2 aromatic carbocycles. The molecule has 0 heterocycles. The molecule has 0 radical (unpaired) electrons. The molecule has 2 aromatic rings. The van der Waals surface area contributed by atoms with Gasteiger partial charge in [-0.25, -0.2) is 17.2 Å². The van der Waals surface area contributed by atoms with Crippen LogP contribution < -0.4 is 0 Å². The molecule has 0 unspecified atom stereocenters. The van der Waals surface area contributed by atoms with E-state index in [1.807, 2.05) is 0 Å². The zero-order chi connectivity index (χ0) is 22.6. The first-order valence-corrected chi connectivity index (χ1v) is 14.5. The molecule has 0 amide bonds. The summed E-state index contributed by atoms with van der Waals surface area (Å²) in [6.07, 6.45) is -0.352. The van der Waals surface area contributed by atoms with Crippen LogP contribution in [0.5, 0.6) is 0 Å². The largest absolute Gasteiger partial charge is 0.381 e. The highest BCUT2D eigenvalue weighted by atomic mass is 35.5. The van der Waals surface area contributed by atoms with Gasteiger partial charge in [0, 0.05) is 39.1 Å². The van der Waals surface area contributed by atoms with Gasteiger partial charge in [-0.15, -0.1) is 0 Å². The molecule has 0 N–H and O–H groups in total. The Kier molecular flexibility index (Phi) is 7.67. The van der Waals surface area contributed by atoms with Gasteiger partial charge >= 0.3 is 0 Å². The van der Waals surface area contributed by atoms with Crippen LogP contribution in [0.4, 0.5) is 8.78 Å². The standard InChI is InChI=1S/C22H25ClF2O4SSi/c1-31-11-10-29-14-15-13-22(9-8-21(15)26,19-12-17(24)4-7-20(19)25)30(27,28)18-5-2-16(23)3-6-18/h2-7,12,15H,8-11,13-14,31H2,1H3/t15-,22+/m0/s1. The molecule has 0 bridgehead atoms. The molecule has 1 fully saturated rings. The monoisotopic (exact) mass is 486 g/mol. The predicted octanol–water partition coefficient (Wildman–Crippen LogP) is 4.31. The molecular weight excluding hydrogens is 462 g/mol. The maximum atomic E-state index is 14.9. The average Bonchev–Trinajstić information content (AvgIpc) is 2.74. The molecule has 0 aliphatic heterocycles. The van der Waals surface area contributed by atoms with Gasteiger partial charge in [0.25, 0.3) is 0 Å². The number of benzene rings is 2. The quantitative estimate of drug-likeness (QED) is 0.412. The maximum absolute atomic E-state index is 14.9. The highest BCUT2D eigenvalue weighted by Gasteiger charge is 2.52. The van der Waals surface area contributed by atoms with Crippen molar-refractivity contribution < 1.29 is 26.7 Å². The van der Waals surface area contributed by atoms with E-state index in [0.29, 0.717) is 11.6 Å². The zero-order valence-electron chi connectivity index (χ0n) is 17.2. The highest BCUT2D eigenvalue weighted by molar-refractivity contribution is 7.92. The van der Waals surface area contributed by atoms with Gasteiger partial charge in [-0.1, -0.05) is 18.1 Å². The molecule has 0 aromatic heterocycles. The third-order valence-corrected chi connectivity index (χ3v) is 9.59. The second-order valence-corrected chi connectivity index (χ2v) is 12.3. The topological polar surface area (TPSA) is 60.4 Å². The smallest absolute Gasteiger partial charge is 0.188 e. The lowest BCUT2D eigenvalue weighted by molar-refractivity contribution is -0.127. The van der Waals surface area contributed by atoms with Crippen molar-refractivity contribution in [3.8, 4) is 0 Å². The van der Waals surface area contributed by atoms with E-state index in [0.717, 1.165) is 24.2 Å². The Labute approximate surface area is 188 Å². The van der Waals surface area contributed by atoms with Crippen molar-refractivity contribution >= 4 is 36.7 Å². The van der Waals surface area contributed by atoms with E-state index in [2.05, 4.69) is 6.55 Å². The summed E-state index contributed by atoms with van der Waals surface area (Å²) in [4.78, 5) is 12.5. The van der Waals surface area contributed by atoms with Gasteiger partial charge in [-0.3, -0.25) is 4.79 Å². The van der Waals surface area contributed by atoms with Crippen LogP contribution in [0.25, 0.3) is 0 Å². The number of sulfone groups is 1. The fourth-order valence-corrected chi connectivity index (χ4v) is 6.89. The Balaban J connectivity index is 2.10. The molecule has 0 saturated heterocycles. The van der Waals surface area contributed by atoms with Gasteiger partial charge in [-0.2, -0.15) is 0 Å². The van der Waals surface area contributed by atoms with Crippen LogP contribution in [0.1, 0.15) is 24.8 Å². The Bertz CT molecular complexity index is 1050. The molecule has 1 aliphatic rings. The Hall–Kier alpha value is -1.61. The van der Waals surface area contributed by atoms with E-state index in [1.54, 1.807) is 0 Å². The van der Waals surface area contributed by atoms with E-state index in [1.165, 1.54) is 24.3 Å². The van der Waals surface area contributed by atoms with E-state index >= 15 is 0 Å². The summed E-state index contributed by atoms with van der Waals surface area (Å²) in [7, 11) is -4.38. The minimum Gasteiger partial charge on any atom is -0.381 e. The van der Waals surface area contributed by atoms with Crippen LogP contribution >= 0.6 is 11.6 Å². The summed E-state index contributed by atoms with van der Waals surface area (Å²) in [6, 6.07) is 9.34. The molecule has 1 aliphatic carbocycles. The van der Waals surface area contributed by atoms with E-state index in [-0.39, 0.29) is 51.6 Å². The van der Waals surface area contributed by atoms with Crippen LogP contribution in [-0.2, 0) is 24.1 Å². The molecule has 3 rings (SSSR count). The summed E-state index contributed by atoms with van der Waals surface area (Å²) in [6.45, 7) is 2.73. The number of hydrogen-bond acceptors (Lipinski definition) is 4. The number of hydrogen-bond donors (Lipinski definition) is 0. The van der Waals surface area contributed by atoms with Crippen molar-refractivity contribution in [3.05, 3.63) is 64.7 Å². The van der Waals surface area contributed by atoms with Crippen LogP contribution in [0.15, 0.2) is 47.4 Å². The van der Waals surface area contributed by atoms with Gasteiger partial charge in [0.1, 0.15) is 22.2 Å². The Morgan fingerprint density at radius 2 is 1.90 bits per heavy atom. The average molecular weight is 487 g/mol. The van der Waals surface area contributed by atoms with Crippen molar-refractivity contribution in [1.82, 2.24) is 0 Å². The summed E-state index contributed by atoms with van der Waals surface area (Å²) in [5.74, 6) is -2.38. The third-order valence-electron chi connectivity index (χ3n) is 5.83. The van der Waals surface area contributed by atoms with Crippen LogP contribution in [-0.4, -0.2) is 36.9 Å². The van der Waals surface area contributed by atoms with Crippen LogP contribution in [0.2, 0.25) is 17.6 Å². The van der Waals surface area contributed by atoms with Crippen LogP contribution in [0, 0.1) is 17.6 Å². The number of Topliss-reactive ketones (excluding diaryl/α,β-unsaturated/α-hetero) is 1. The number of rotatable bonds is 8. The van der Waals surface area contributed by atoms with Gasteiger partial charge in [0.2, 0.25) is 0 Å². The van der Waals surface area contributed by atoms with Gasteiger partial charge in [0.15, 0.2) is 9.84 Å². The Morgan fingerprint density at radius 1 is 1.19 bits per heavy atom. The van der Waals surface area contributed by atoms with E-state index in [4.69, 9.17) is 16.3 Å². The first-order valence-electron chi connectivity index (χ1n) is 10.3. The number of ketones is 1. The molecule has 31 heavy (non-hydrogen) atoms. The lowest BCUT2D eigenvalue weighted by Crippen LogP contribution is -2.45. The fourth-order valence-electron chi connectivity index (χ4n) is 4.09. The molecule has 1 saturated carbocycles. The first-order chi connectivity index (χ1) is 14.7. The molecule has 168 valence electrons. The molecule has 4 nitrogen and oxygen atoms in total. The third kappa shape index (κ3) is 4.92. The van der Waals surface area contributed by atoms with Crippen LogP contribution in [0.3, 0.4) is 0 Å². The Morgan fingerprint density at radius 3 is 2.58 bits per heavy atom. The number of halogens is 3. The number of ether oxygens (including phenoxy) is 1. The van der Waals surface area contributed by atoms with E-state index in [9.17, 15) is 22.0 Å². The number of carbonyl (C=O) groups excluding carboxylic acids is 1. The van der Waals surface area contributed by atoms with Gasteiger partial charge in [-0.05, 0) is 61.4 Å². The molecule has 9 heteroatoms. The molecule has 2 atom stereocenters. The van der Waals surface area contributed by atoms with Gasteiger partial charge in [0.05, 0.1) is 11.5 Å². The molecular formula is C22H25ClF2O4SSi. The minimum atomic E-state index is -4.19. The van der Waals surface area contributed by atoms with Crippen molar-refractivity contribution in [3.63, 3.8) is 0 Å². The lowest BCUT2D eigenvalue weighted by atomic mass is 9.76. The second-order valence-electron chi connectivity index (χ2n) is 7.87. The summed E-state index contributed by atoms with van der Waals surface area (Å²) < 4.78 is 60.6. The van der Waals surface area contributed by atoms with Crippen molar-refractivity contribution in [2.75, 3.05) is 13.2 Å². The van der Waals surface area contributed by atoms with Gasteiger partial charge < -0.3 is 4.74 Å². The van der Waals surface area contributed by atoms with E-state index < -0.39 is 32.1 Å². The number of carbonyl (C=O) groups is 1. The summed E-state index contributed by atoms with van der Waals surface area (Å²) >= 11 is 5.91. The minimum absolute atomic E-state index is 0.0495. The summed E-state index contributed by atoms with van der Waals surface area (Å²) in [5, 5.41) is 0.356. The second kappa shape index (κ2) is 9.89. The normalized spacial score (nSPS) is 22.3. The predicted molar refractivity (Wildman–Crippen MR) is 119 cm³/mol. The lowest BCUT2D eigenvalue weighted by Gasteiger charge is -2.40. The summed E-state index contributed by atoms with van der Waals surface area (Å²) in [5.41, 5.74) is -0.249. The SMILES string of the molecule is C[SiH2]CCOC[C@@H]1C[C@](c2cc(F)ccc2F)(S(=O)(=O)c2ccc(Cl)cc2)CCC1=O. The zero-order valence-corrected chi connectivity index (χ0v) is 20.2. The van der Waals surface area contributed by atoms with Crippen molar-refractivity contribution in [2.45, 2.75) is 41.5 Å². The first kappa shape index (κ1) is 24.0.